The third kappa shape index (κ3) is 1.28. The topological polar surface area (TPSA) is 32.7 Å². The van der Waals surface area contributed by atoms with Gasteiger partial charge in [-0.15, -0.1) is 0 Å². The van der Waals surface area contributed by atoms with Crippen LogP contribution in [0, 0.1) is 0 Å². The minimum absolute atomic E-state index is 0.245. The molecule has 1 saturated heterocycles. The van der Waals surface area contributed by atoms with Gasteiger partial charge in [0.15, 0.2) is 0 Å². The Morgan fingerprint density at radius 1 is 1.45 bits per heavy atom. The van der Waals surface area contributed by atoms with Crippen molar-refractivity contribution < 1.29 is 9.94 Å². The van der Waals surface area contributed by atoms with Crippen molar-refractivity contribution in [2.45, 2.75) is 45.4 Å². The van der Waals surface area contributed by atoms with Crippen LogP contribution in [0.3, 0.4) is 0 Å². The van der Waals surface area contributed by atoms with Crippen LogP contribution < -0.4 is 0 Å². The summed E-state index contributed by atoms with van der Waals surface area (Å²) in [5.74, 6) is 0. The van der Waals surface area contributed by atoms with Crippen LogP contribution in [0.15, 0.2) is 0 Å². The Labute approximate surface area is 67.9 Å². The van der Waals surface area contributed by atoms with Crippen molar-refractivity contribution in [3.63, 3.8) is 0 Å². The van der Waals surface area contributed by atoms with Crippen LogP contribution in [0.25, 0.3) is 0 Å². The highest BCUT2D eigenvalue weighted by atomic mass is 16.6. The van der Waals surface area contributed by atoms with E-state index in [2.05, 4.69) is 0 Å². The second-order valence-corrected chi connectivity index (χ2v) is 3.94. The van der Waals surface area contributed by atoms with E-state index in [1.54, 1.807) is 0 Å². The first-order valence-corrected chi connectivity index (χ1v) is 4.05. The average molecular weight is 159 g/mol. The van der Waals surface area contributed by atoms with Crippen LogP contribution in [0.5, 0.6) is 0 Å². The van der Waals surface area contributed by atoms with E-state index in [1.807, 2.05) is 27.7 Å². The zero-order valence-corrected chi connectivity index (χ0v) is 7.72. The molecule has 1 fully saturated rings. The Balaban J connectivity index is 2.78. The lowest BCUT2D eigenvalue weighted by Crippen LogP contribution is -2.48. The molecular formula is C8H17NO2. The summed E-state index contributed by atoms with van der Waals surface area (Å²) >= 11 is 0. The Bertz CT molecular complexity index is 158. The lowest BCUT2D eigenvalue weighted by atomic mass is 10.1. The molecule has 0 aliphatic carbocycles. The molecule has 0 spiro atoms. The second kappa shape index (κ2) is 2.44. The fraction of sp³-hybridized carbons (Fsp3) is 1.00. The molecule has 1 N–H and O–H groups in total. The maximum atomic E-state index is 9.68. The predicted molar refractivity (Wildman–Crippen MR) is 42.4 cm³/mol. The molecule has 1 atom stereocenters. The summed E-state index contributed by atoms with van der Waals surface area (Å²) in [6.45, 7) is 8.43. The molecule has 1 heterocycles. The van der Waals surface area contributed by atoms with E-state index in [9.17, 15) is 5.21 Å². The van der Waals surface area contributed by atoms with E-state index in [0.29, 0.717) is 6.61 Å². The molecule has 1 aliphatic heterocycles. The first-order valence-electron chi connectivity index (χ1n) is 4.05. The zero-order chi connectivity index (χ0) is 8.70. The molecule has 0 aromatic heterocycles. The molecule has 0 aromatic rings. The minimum atomic E-state index is -0.483. The van der Waals surface area contributed by atoms with Crippen LogP contribution in [0.2, 0.25) is 0 Å². The van der Waals surface area contributed by atoms with Crippen LogP contribution in [0.1, 0.15) is 34.1 Å². The SMILES string of the molecule is CCC1(C)OCC(C)(C)N1O. The number of hydroxylamine groups is 2. The minimum Gasteiger partial charge on any atom is -0.357 e. The van der Waals surface area contributed by atoms with Gasteiger partial charge >= 0.3 is 0 Å². The normalized spacial score (nSPS) is 37.9. The molecule has 3 nitrogen and oxygen atoms in total. The van der Waals surface area contributed by atoms with Gasteiger partial charge in [0.05, 0.1) is 12.1 Å². The zero-order valence-electron chi connectivity index (χ0n) is 7.72. The molecule has 0 saturated carbocycles. The molecule has 0 bridgehead atoms. The van der Waals surface area contributed by atoms with Gasteiger partial charge in [-0.1, -0.05) is 6.92 Å². The summed E-state index contributed by atoms with van der Waals surface area (Å²) in [6.07, 6.45) is 0.799. The molecule has 0 radical (unpaired) electrons. The molecule has 1 unspecified atom stereocenters. The Kier molecular flexibility index (Phi) is 1.99. The quantitative estimate of drug-likeness (QED) is 0.631. The standard InChI is InChI=1S/C8H17NO2/c1-5-8(4)9(10)7(2,3)6-11-8/h10H,5-6H2,1-4H3. The Hall–Kier alpha value is -0.120. The van der Waals surface area contributed by atoms with Crippen molar-refractivity contribution in [3.8, 4) is 0 Å². The number of hydrogen-bond donors (Lipinski definition) is 1. The van der Waals surface area contributed by atoms with E-state index in [-0.39, 0.29) is 5.54 Å². The van der Waals surface area contributed by atoms with Gasteiger partial charge < -0.3 is 9.94 Å². The van der Waals surface area contributed by atoms with Crippen molar-refractivity contribution >= 4 is 0 Å². The summed E-state index contributed by atoms with van der Waals surface area (Å²) in [4.78, 5) is 0. The highest BCUT2D eigenvalue weighted by Gasteiger charge is 2.47. The van der Waals surface area contributed by atoms with Gasteiger partial charge in [0.1, 0.15) is 5.72 Å². The monoisotopic (exact) mass is 159 g/mol. The predicted octanol–water partition coefficient (Wildman–Crippen LogP) is 1.61. The van der Waals surface area contributed by atoms with Gasteiger partial charge in [0.25, 0.3) is 0 Å². The molecule has 0 aromatic carbocycles. The fourth-order valence-electron chi connectivity index (χ4n) is 1.35. The summed E-state index contributed by atoms with van der Waals surface area (Å²) in [7, 11) is 0. The summed E-state index contributed by atoms with van der Waals surface area (Å²) in [5.41, 5.74) is -0.728. The van der Waals surface area contributed by atoms with E-state index in [1.165, 1.54) is 5.06 Å². The molecule has 1 aliphatic rings. The highest BCUT2D eigenvalue weighted by molar-refractivity contribution is 4.89. The molecule has 11 heavy (non-hydrogen) atoms. The van der Waals surface area contributed by atoms with Crippen LogP contribution >= 0.6 is 0 Å². The number of ether oxygens (including phenoxy) is 1. The van der Waals surface area contributed by atoms with Crippen LogP contribution in [0.4, 0.5) is 0 Å². The number of nitrogens with zero attached hydrogens (tertiary/aromatic N) is 1. The third-order valence-corrected chi connectivity index (χ3v) is 2.41. The van der Waals surface area contributed by atoms with Crippen molar-refractivity contribution in [1.29, 1.82) is 0 Å². The number of rotatable bonds is 1. The smallest absolute Gasteiger partial charge is 0.141 e. The fourth-order valence-corrected chi connectivity index (χ4v) is 1.35. The molecule has 3 heteroatoms. The number of hydrogen-bond acceptors (Lipinski definition) is 3. The van der Waals surface area contributed by atoms with Gasteiger partial charge in [0, 0.05) is 0 Å². The lowest BCUT2D eigenvalue weighted by Gasteiger charge is -2.33. The molecule has 1 rings (SSSR count). The van der Waals surface area contributed by atoms with Gasteiger partial charge in [-0.25, -0.2) is 0 Å². The van der Waals surface area contributed by atoms with E-state index in [4.69, 9.17) is 4.74 Å². The Morgan fingerprint density at radius 2 is 2.00 bits per heavy atom. The summed E-state index contributed by atoms with van der Waals surface area (Å²) < 4.78 is 5.49. The average Bonchev–Trinajstić information content (AvgIpc) is 2.16. The lowest BCUT2D eigenvalue weighted by molar-refractivity contribution is -0.242. The molecular weight excluding hydrogens is 142 g/mol. The van der Waals surface area contributed by atoms with Crippen LogP contribution in [-0.4, -0.2) is 28.1 Å². The van der Waals surface area contributed by atoms with Crippen molar-refractivity contribution in [1.82, 2.24) is 5.06 Å². The van der Waals surface area contributed by atoms with Gasteiger partial charge in [-0.05, 0) is 27.2 Å². The van der Waals surface area contributed by atoms with Gasteiger partial charge in [0.2, 0.25) is 0 Å². The third-order valence-electron chi connectivity index (χ3n) is 2.41. The van der Waals surface area contributed by atoms with Crippen molar-refractivity contribution in [2.75, 3.05) is 6.61 Å². The van der Waals surface area contributed by atoms with Crippen LogP contribution in [-0.2, 0) is 4.74 Å². The molecule has 0 amide bonds. The van der Waals surface area contributed by atoms with E-state index >= 15 is 0 Å². The second-order valence-electron chi connectivity index (χ2n) is 3.94. The van der Waals surface area contributed by atoms with E-state index in [0.717, 1.165) is 6.42 Å². The first kappa shape index (κ1) is 8.97. The first-order chi connectivity index (χ1) is 4.92. The highest BCUT2D eigenvalue weighted by Crippen LogP contribution is 2.34. The Morgan fingerprint density at radius 3 is 2.18 bits per heavy atom. The van der Waals surface area contributed by atoms with Crippen molar-refractivity contribution in [3.05, 3.63) is 0 Å². The van der Waals surface area contributed by atoms with Gasteiger partial charge in [-0.2, -0.15) is 5.06 Å². The van der Waals surface area contributed by atoms with Gasteiger partial charge in [-0.3, -0.25) is 0 Å². The molecule has 66 valence electrons. The van der Waals surface area contributed by atoms with Crippen molar-refractivity contribution in [2.24, 2.45) is 0 Å². The maximum absolute atomic E-state index is 9.68. The summed E-state index contributed by atoms with van der Waals surface area (Å²) in [5, 5.41) is 11.0. The van der Waals surface area contributed by atoms with E-state index < -0.39 is 5.72 Å². The maximum Gasteiger partial charge on any atom is 0.141 e. The largest absolute Gasteiger partial charge is 0.357 e. The summed E-state index contributed by atoms with van der Waals surface area (Å²) in [6, 6.07) is 0.